The maximum Gasteiger partial charge on any atom is 0.375 e. The first-order chi connectivity index (χ1) is 11.3. The normalized spacial score (nSPS) is 12.5. The van der Waals surface area contributed by atoms with Gasteiger partial charge in [-0.25, -0.2) is 4.79 Å². The molecule has 1 atom stereocenters. The first-order valence-electron chi connectivity index (χ1n) is 7.95. The van der Waals surface area contributed by atoms with Gasteiger partial charge in [-0.05, 0) is 39.3 Å². The summed E-state index contributed by atoms with van der Waals surface area (Å²) in [5, 5.41) is 2.92. The van der Waals surface area contributed by atoms with E-state index >= 15 is 0 Å². The van der Waals surface area contributed by atoms with Crippen LogP contribution >= 0.6 is 0 Å². The first-order valence-corrected chi connectivity index (χ1v) is 7.95. The second-order valence-electron chi connectivity index (χ2n) is 6.40. The Morgan fingerprint density at radius 1 is 1.21 bits per heavy atom. The SMILES string of the molecule is CCC(C)(C)NC(=O)[C@H](OC(=O)c1ccco1)c1ccc(C)cc1. The number of carbonyl (C=O) groups excluding carboxylic acids is 2. The predicted molar refractivity (Wildman–Crippen MR) is 90.6 cm³/mol. The standard InChI is InChI=1S/C19H23NO4/c1-5-19(3,4)20-17(21)16(14-10-8-13(2)9-11-14)24-18(22)15-7-6-12-23-15/h6-12,16H,5H2,1-4H3,(H,20,21)/t16-/m1/s1. The van der Waals surface area contributed by atoms with Gasteiger partial charge in [0.05, 0.1) is 6.26 Å². The van der Waals surface area contributed by atoms with Crippen LogP contribution < -0.4 is 5.32 Å². The largest absolute Gasteiger partial charge is 0.457 e. The molecule has 0 aliphatic carbocycles. The molecule has 1 N–H and O–H groups in total. The fraction of sp³-hybridized carbons (Fsp3) is 0.368. The van der Waals surface area contributed by atoms with E-state index in [0.29, 0.717) is 5.56 Å². The highest BCUT2D eigenvalue weighted by Gasteiger charge is 2.30. The van der Waals surface area contributed by atoms with E-state index in [4.69, 9.17) is 9.15 Å². The van der Waals surface area contributed by atoms with Crippen molar-refractivity contribution in [2.75, 3.05) is 0 Å². The lowest BCUT2D eigenvalue weighted by Gasteiger charge is -2.27. The Balaban J connectivity index is 2.25. The Morgan fingerprint density at radius 3 is 2.42 bits per heavy atom. The van der Waals surface area contributed by atoms with Crippen LogP contribution in [0.4, 0.5) is 0 Å². The molecule has 1 aromatic carbocycles. The average molecular weight is 329 g/mol. The minimum Gasteiger partial charge on any atom is -0.457 e. The Kier molecular flexibility index (Phi) is 5.44. The number of amides is 1. The van der Waals surface area contributed by atoms with E-state index in [2.05, 4.69) is 5.32 Å². The zero-order chi connectivity index (χ0) is 17.7. The van der Waals surface area contributed by atoms with Crippen LogP contribution in [0.25, 0.3) is 0 Å². The molecule has 5 heteroatoms. The molecular formula is C19H23NO4. The summed E-state index contributed by atoms with van der Waals surface area (Å²) in [5.74, 6) is -0.963. The van der Waals surface area contributed by atoms with Crippen molar-refractivity contribution in [3.63, 3.8) is 0 Å². The van der Waals surface area contributed by atoms with E-state index in [1.54, 1.807) is 18.2 Å². The Bertz CT molecular complexity index is 687. The van der Waals surface area contributed by atoms with Gasteiger partial charge in [-0.2, -0.15) is 0 Å². The zero-order valence-corrected chi connectivity index (χ0v) is 14.5. The summed E-state index contributed by atoms with van der Waals surface area (Å²) in [6.07, 6.45) is 1.11. The molecule has 0 aliphatic rings. The van der Waals surface area contributed by atoms with Crippen LogP contribution in [0.5, 0.6) is 0 Å². The van der Waals surface area contributed by atoms with Crippen molar-refractivity contribution < 1.29 is 18.7 Å². The van der Waals surface area contributed by atoms with Gasteiger partial charge in [-0.3, -0.25) is 4.79 Å². The quantitative estimate of drug-likeness (QED) is 0.819. The maximum absolute atomic E-state index is 12.7. The van der Waals surface area contributed by atoms with Gasteiger partial charge in [0, 0.05) is 11.1 Å². The van der Waals surface area contributed by atoms with Gasteiger partial charge in [-0.1, -0.05) is 36.8 Å². The molecule has 1 heterocycles. The molecule has 1 amide bonds. The molecule has 1 aromatic heterocycles. The molecule has 0 fully saturated rings. The first kappa shape index (κ1) is 17.8. The third kappa shape index (κ3) is 4.47. The summed E-state index contributed by atoms with van der Waals surface area (Å²) in [4.78, 5) is 24.9. The molecule has 0 saturated heterocycles. The number of rotatable bonds is 6. The topological polar surface area (TPSA) is 68.5 Å². The molecule has 0 aliphatic heterocycles. The summed E-state index contributed by atoms with van der Waals surface area (Å²) in [7, 11) is 0. The second-order valence-corrected chi connectivity index (χ2v) is 6.40. The second kappa shape index (κ2) is 7.34. The number of hydrogen-bond acceptors (Lipinski definition) is 4. The number of esters is 1. The Labute approximate surface area is 142 Å². The van der Waals surface area contributed by atoms with Gasteiger partial charge in [0.2, 0.25) is 11.9 Å². The fourth-order valence-corrected chi connectivity index (χ4v) is 2.06. The Hall–Kier alpha value is -2.56. The van der Waals surface area contributed by atoms with Crippen LogP contribution in [-0.2, 0) is 9.53 Å². The molecular weight excluding hydrogens is 306 g/mol. The fourth-order valence-electron chi connectivity index (χ4n) is 2.06. The lowest BCUT2D eigenvalue weighted by atomic mass is 10.00. The van der Waals surface area contributed by atoms with Crippen molar-refractivity contribution >= 4 is 11.9 Å². The minimum absolute atomic E-state index is 0.0645. The van der Waals surface area contributed by atoms with Crippen molar-refractivity contribution in [3.05, 3.63) is 59.5 Å². The molecule has 2 aromatic rings. The predicted octanol–water partition coefficient (Wildman–Crippen LogP) is 3.79. The monoisotopic (exact) mass is 329 g/mol. The number of aryl methyl sites for hydroxylation is 1. The van der Waals surface area contributed by atoms with Crippen LogP contribution in [-0.4, -0.2) is 17.4 Å². The van der Waals surface area contributed by atoms with Gasteiger partial charge in [0.25, 0.3) is 5.91 Å². The summed E-state index contributed by atoms with van der Waals surface area (Å²) >= 11 is 0. The van der Waals surface area contributed by atoms with Gasteiger partial charge < -0.3 is 14.5 Å². The number of carbonyl (C=O) groups is 2. The minimum atomic E-state index is -1.03. The van der Waals surface area contributed by atoms with E-state index in [1.165, 1.54) is 12.3 Å². The van der Waals surface area contributed by atoms with Crippen LogP contribution in [0, 0.1) is 6.92 Å². The van der Waals surface area contributed by atoms with Crippen molar-refractivity contribution in [3.8, 4) is 0 Å². The number of nitrogens with one attached hydrogen (secondary N) is 1. The molecule has 0 spiro atoms. The lowest BCUT2D eigenvalue weighted by Crippen LogP contribution is -2.45. The van der Waals surface area contributed by atoms with E-state index < -0.39 is 17.6 Å². The molecule has 2 rings (SSSR count). The third-order valence-electron chi connectivity index (χ3n) is 3.91. The van der Waals surface area contributed by atoms with Gasteiger partial charge in [0.1, 0.15) is 0 Å². The van der Waals surface area contributed by atoms with E-state index in [-0.39, 0.29) is 11.7 Å². The highest BCUT2D eigenvalue weighted by atomic mass is 16.6. The van der Waals surface area contributed by atoms with E-state index in [1.807, 2.05) is 39.8 Å². The van der Waals surface area contributed by atoms with Gasteiger partial charge >= 0.3 is 5.97 Å². The van der Waals surface area contributed by atoms with E-state index in [9.17, 15) is 9.59 Å². The number of hydrogen-bond donors (Lipinski definition) is 1. The highest BCUT2D eigenvalue weighted by molar-refractivity contribution is 5.90. The molecule has 128 valence electrons. The number of furan rings is 1. The van der Waals surface area contributed by atoms with Crippen molar-refractivity contribution in [1.82, 2.24) is 5.32 Å². The lowest BCUT2D eigenvalue weighted by molar-refractivity contribution is -0.132. The van der Waals surface area contributed by atoms with Crippen LogP contribution in [0.1, 0.15) is 55.0 Å². The van der Waals surface area contributed by atoms with Crippen LogP contribution in [0.2, 0.25) is 0 Å². The van der Waals surface area contributed by atoms with Crippen molar-refractivity contribution in [1.29, 1.82) is 0 Å². The summed E-state index contributed by atoms with van der Waals surface area (Å²) in [6.45, 7) is 7.78. The molecule has 0 bridgehead atoms. The van der Waals surface area contributed by atoms with Gasteiger partial charge in [-0.15, -0.1) is 0 Å². The highest BCUT2D eigenvalue weighted by Crippen LogP contribution is 2.22. The Morgan fingerprint density at radius 2 is 1.88 bits per heavy atom. The molecule has 0 radical (unpaired) electrons. The summed E-state index contributed by atoms with van der Waals surface area (Å²) < 4.78 is 10.5. The van der Waals surface area contributed by atoms with Crippen LogP contribution in [0.15, 0.2) is 47.1 Å². The van der Waals surface area contributed by atoms with Crippen molar-refractivity contribution in [2.24, 2.45) is 0 Å². The average Bonchev–Trinajstić information content (AvgIpc) is 3.07. The summed E-state index contributed by atoms with van der Waals surface area (Å²) in [6, 6.07) is 10.4. The van der Waals surface area contributed by atoms with Gasteiger partial charge in [0.15, 0.2) is 0 Å². The number of benzene rings is 1. The van der Waals surface area contributed by atoms with Crippen molar-refractivity contribution in [2.45, 2.75) is 45.8 Å². The number of ether oxygens (including phenoxy) is 1. The third-order valence-corrected chi connectivity index (χ3v) is 3.91. The zero-order valence-electron chi connectivity index (χ0n) is 14.5. The molecule has 5 nitrogen and oxygen atoms in total. The smallest absolute Gasteiger partial charge is 0.375 e. The van der Waals surface area contributed by atoms with Crippen LogP contribution in [0.3, 0.4) is 0 Å². The molecule has 0 unspecified atom stereocenters. The van der Waals surface area contributed by atoms with E-state index in [0.717, 1.165) is 12.0 Å². The molecule has 24 heavy (non-hydrogen) atoms. The molecule has 0 saturated carbocycles. The maximum atomic E-state index is 12.7. The summed E-state index contributed by atoms with van der Waals surface area (Å²) in [5.41, 5.74) is 1.28.